The number of rotatable bonds is 7. The molecule has 2 aromatic carbocycles. The molecule has 0 saturated carbocycles. The van der Waals surface area contributed by atoms with Crippen LogP contribution in [0.4, 0.5) is 18.9 Å². The average Bonchev–Trinajstić information content (AvgIpc) is 2.58. The summed E-state index contributed by atoms with van der Waals surface area (Å²) < 4.78 is 71.9. The summed E-state index contributed by atoms with van der Waals surface area (Å²) in [6.45, 7) is 1.59. The Labute approximate surface area is 154 Å². The summed E-state index contributed by atoms with van der Waals surface area (Å²) in [5, 5.41) is 2.28. The maximum atomic E-state index is 14.0. The molecule has 0 bridgehead atoms. The zero-order valence-electron chi connectivity index (χ0n) is 14.4. The minimum absolute atomic E-state index is 0.0422. The molecule has 0 unspecified atom stereocenters. The number of benzene rings is 2. The molecule has 146 valence electrons. The van der Waals surface area contributed by atoms with Crippen LogP contribution in [0.15, 0.2) is 41.3 Å². The minimum Gasteiger partial charge on any atom is -0.383 e. The minimum atomic E-state index is -4.25. The fraction of sp³-hybridized carbons (Fsp3) is 0.235. The maximum Gasteiger partial charge on any atom is 0.255 e. The number of amides is 1. The molecule has 0 aliphatic heterocycles. The number of sulfonamides is 1. The Balaban J connectivity index is 2.27. The summed E-state index contributed by atoms with van der Waals surface area (Å²) in [7, 11) is -2.86. The van der Waals surface area contributed by atoms with Gasteiger partial charge in [0.15, 0.2) is 11.6 Å². The monoisotopic (exact) mass is 402 g/mol. The smallest absolute Gasteiger partial charge is 0.255 e. The van der Waals surface area contributed by atoms with Crippen LogP contribution in [0.2, 0.25) is 0 Å². The molecule has 0 aliphatic carbocycles. The zero-order valence-corrected chi connectivity index (χ0v) is 15.2. The molecule has 2 N–H and O–H groups in total. The van der Waals surface area contributed by atoms with E-state index in [0.29, 0.717) is 0 Å². The van der Waals surface area contributed by atoms with Crippen molar-refractivity contribution < 1.29 is 31.1 Å². The van der Waals surface area contributed by atoms with Crippen LogP contribution < -0.4 is 10.0 Å². The van der Waals surface area contributed by atoms with Crippen molar-refractivity contribution in [2.24, 2.45) is 0 Å². The van der Waals surface area contributed by atoms with Gasteiger partial charge in [0.2, 0.25) is 10.0 Å². The Hall–Kier alpha value is -2.43. The molecule has 0 aromatic heterocycles. The van der Waals surface area contributed by atoms with Gasteiger partial charge in [0.25, 0.3) is 5.91 Å². The molecule has 0 spiro atoms. The molecule has 0 radical (unpaired) electrons. The molecule has 2 rings (SSSR count). The van der Waals surface area contributed by atoms with Gasteiger partial charge in [0.1, 0.15) is 10.7 Å². The van der Waals surface area contributed by atoms with Crippen LogP contribution in [0.5, 0.6) is 0 Å². The van der Waals surface area contributed by atoms with E-state index < -0.39 is 44.3 Å². The van der Waals surface area contributed by atoms with Gasteiger partial charge < -0.3 is 10.1 Å². The van der Waals surface area contributed by atoms with E-state index in [9.17, 15) is 26.4 Å². The summed E-state index contributed by atoms with van der Waals surface area (Å²) in [5.74, 6) is -4.11. The average molecular weight is 402 g/mol. The summed E-state index contributed by atoms with van der Waals surface area (Å²) in [4.78, 5) is 11.5. The highest BCUT2D eigenvalue weighted by atomic mass is 32.2. The van der Waals surface area contributed by atoms with Gasteiger partial charge in [-0.05, 0) is 37.3 Å². The molecule has 10 heteroatoms. The lowest BCUT2D eigenvalue weighted by molar-refractivity contribution is 0.102. The van der Waals surface area contributed by atoms with E-state index in [1.807, 2.05) is 0 Å². The van der Waals surface area contributed by atoms with Gasteiger partial charge in [-0.2, -0.15) is 0 Å². The van der Waals surface area contributed by atoms with Crippen LogP contribution in [0.3, 0.4) is 0 Å². The first-order valence-electron chi connectivity index (χ1n) is 7.71. The highest BCUT2D eigenvalue weighted by Gasteiger charge is 2.23. The standard InChI is InChI=1S/C17H17F3N2O4S/c1-10(9-26-2)22-27(24,25)16-7-11(3-5-14(16)19)17(23)21-12-4-6-13(18)15(20)8-12/h3-8,10,22H,9H2,1-2H3,(H,21,23)/t10-/m1/s1. The van der Waals surface area contributed by atoms with Gasteiger partial charge >= 0.3 is 0 Å². The van der Waals surface area contributed by atoms with E-state index >= 15 is 0 Å². The Morgan fingerprint density at radius 3 is 2.37 bits per heavy atom. The number of anilines is 1. The number of nitrogens with one attached hydrogen (secondary N) is 2. The number of hydrogen-bond acceptors (Lipinski definition) is 4. The maximum absolute atomic E-state index is 14.0. The molecule has 27 heavy (non-hydrogen) atoms. The van der Waals surface area contributed by atoms with Crippen molar-refractivity contribution in [3.63, 3.8) is 0 Å². The van der Waals surface area contributed by atoms with Crippen molar-refractivity contribution in [3.05, 3.63) is 59.4 Å². The number of hydrogen-bond donors (Lipinski definition) is 2. The van der Waals surface area contributed by atoms with Gasteiger partial charge in [0, 0.05) is 30.5 Å². The molecule has 0 saturated heterocycles. The zero-order chi connectivity index (χ0) is 20.2. The molecule has 1 amide bonds. The number of carbonyl (C=O) groups is 1. The lowest BCUT2D eigenvalue weighted by atomic mass is 10.2. The van der Waals surface area contributed by atoms with Crippen LogP contribution in [0, 0.1) is 17.5 Å². The van der Waals surface area contributed by atoms with E-state index in [2.05, 4.69) is 10.0 Å². The third-order valence-corrected chi connectivity index (χ3v) is 5.04. The SMILES string of the molecule is COC[C@@H](C)NS(=O)(=O)c1cc(C(=O)Nc2ccc(F)c(F)c2)ccc1F. The quantitative estimate of drug-likeness (QED) is 0.746. The van der Waals surface area contributed by atoms with E-state index in [1.165, 1.54) is 14.0 Å². The summed E-state index contributed by atoms with van der Waals surface area (Å²) in [5.41, 5.74) is -0.222. The highest BCUT2D eigenvalue weighted by molar-refractivity contribution is 7.89. The second-order valence-corrected chi connectivity index (χ2v) is 7.39. The molecular weight excluding hydrogens is 385 g/mol. The molecule has 0 heterocycles. The Bertz CT molecular complexity index is 951. The molecule has 0 aliphatic rings. The normalized spacial score (nSPS) is 12.6. The van der Waals surface area contributed by atoms with Crippen LogP contribution in [0.25, 0.3) is 0 Å². The largest absolute Gasteiger partial charge is 0.383 e. The molecule has 2 aromatic rings. The number of methoxy groups -OCH3 is 1. The van der Waals surface area contributed by atoms with Gasteiger partial charge in [0.05, 0.1) is 6.61 Å². The summed E-state index contributed by atoms with van der Waals surface area (Å²) in [6, 6.07) is 4.85. The number of carbonyl (C=O) groups excluding carboxylic acids is 1. The first-order chi connectivity index (χ1) is 12.6. The van der Waals surface area contributed by atoms with Gasteiger partial charge in [-0.1, -0.05) is 0 Å². The molecule has 6 nitrogen and oxygen atoms in total. The lowest BCUT2D eigenvalue weighted by Crippen LogP contribution is -2.36. The third-order valence-electron chi connectivity index (χ3n) is 3.43. The van der Waals surface area contributed by atoms with Crippen LogP contribution in [0.1, 0.15) is 17.3 Å². The van der Waals surface area contributed by atoms with Crippen molar-refractivity contribution in [2.75, 3.05) is 19.0 Å². The Kier molecular flexibility index (Phi) is 6.58. The Morgan fingerprint density at radius 2 is 1.74 bits per heavy atom. The number of ether oxygens (including phenoxy) is 1. The van der Waals surface area contributed by atoms with E-state index in [0.717, 1.165) is 36.4 Å². The first-order valence-corrected chi connectivity index (χ1v) is 9.19. The van der Waals surface area contributed by atoms with E-state index in [-0.39, 0.29) is 17.9 Å². The fourth-order valence-electron chi connectivity index (χ4n) is 2.24. The highest BCUT2D eigenvalue weighted by Crippen LogP contribution is 2.19. The van der Waals surface area contributed by atoms with Crippen molar-refractivity contribution in [3.8, 4) is 0 Å². The Morgan fingerprint density at radius 1 is 1.07 bits per heavy atom. The van der Waals surface area contributed by atoms with Crippen LogP contribution >= 0.6 is 0 Å². The molecular formula is C17H17F3N2O4S. The van der Waals surface area contributed by atoms with Gasteiger partial charge in [-0.15, -0.1) is 0 Å². The fourth-order valence-corrected chi connectivity index (χ4v) is 3.57. The van der Waals surface area contributed by atoms with Gasteiger partial charge in [-0.25, -0.2) is 26.3 Å². The summed E-state index contributed by atoms with van der Waals surface area (Å²) in [6.07, 6.45) is 0. The second kappa shape index (κ2) is 8.51. The third kappa shape index (κ3) is 5.28. The van der Waals surface area contributed by atoms with E-state index in [1.54, 1.807) is 0 Å². The van der Waals surface area contributed by atoms with Crippen molar-refractivity contribution in [2.45, 2.75) is 17.9 Å². The van der Waals surface area contributed by atoms with Crippen molar-refractivity contribution in [1.82, 2.24) is 4.72 Å². The molecule has 1 atom stereocenters. The lowest BCUT2D eigenvalue weighted by Gasteiger charge is -2.14. The topological polar surface area (TPSA) is 84.5 Å². The molecule has 0 fully saturated rings. The predicted molar refractivity (Wildman–Crippen MR) is 92.4 cm³/mol. The number of halogens is 3. The van der Waals surface area contributed by atoms with Crippen molar-refractivity contribution >= 4 is 21.6 Å². The predicted octanol–water partition coefficient (Wildman–Crippen LogP) is 2.67. The van der Waals surface area contributed by atoms with Crippen LogP contribution in [-0.2, 0) is 14.8 Å². The van der Waals surface area contributed by atoms with Crippen LogP contribution in [-0.4, -0.2) is 34.1 Å². The van der Waals surface area contributed by atoms with Crippen molar-refractivity contribution in [1.29, 1.82) is 0 Å². The second-order valence-electron chi connectivity index (χ2n) is 5.71. The van der Waals surface area contributed by atoms with Gasteiger partial charge in [-0.3, -0.25) is 4.79 Å². The summed E-state index contributed by atoms with van der Waals surface area (Å²) >= 11 is 0. The first kappa shape index (κ1) is 20.9. The van der Waals surface area contributed by atoms with E-state index in [4.69, 9.17) is 4.74 Å².